The summed E-state index contributed by atoms with van der Waals surface area (Å²) in [7, 11) is 4.82. The van der Waals surface area contributed by atoms with E-state index in [1.807, 2.05) is 13.8 Å². The van der Waals surface area contributed by atoms with E-state index < -0.39 is 115 Å². The lowest BCUT2D eigenvalue weighted by atomic mass is 9.83. The Hall–Kier alpha value is -2.87. The van der Waals surface area contributed by atoms with Crippen molar-refractivity contribution in [2.75, 3.05) is 21.2 Å². The second-order valence-electron chi connectivity index (χ2n) is 17.5. The third-order valence-electron chi connectivity index (χ3n) is 11.4. The van der Waals surface area contributed by atoms with E-state index in [0.717, 1.165) is 0 Å². The van der Waals surface area contributed by atoms with Gasteiger partial charge in [0, 0.05) is 45.6 Å². The number of aliphatic hydroxyl groups excluding tert-OH is 1. The molecule has 0 unspecified atom stereocenters. The molecule has 4 rings (SSSR count). The highest BCUT2D eigenvalue weighted by Crippen LogP contribution is 2.38. The Balaban J connectivity index is 1.64. The Labute approximate surface area is 347 Å². The van der Waals surface area contributed by atoms with Crippen LogP contribution in [0.15, 0.2) is 12.2 Å². The van der Waals surface area contributed by atoms with E-state index in [2.05, 4.69) is 0 Å². The third-order valence-corrected chi connectivity index (χ3v) is 11.4. The molecule has 0 aromatic rings. The summed E-state index contributed by atoms with van der Waals surface area (Å²) in [4.78, 5) is 65.8. The Morgan fingerprint density at radius 3 is 2.29 bits per heavy atom. The molecule has 3 saturated heterocycles. The molecule has 0 aromatic heterocycles. The van der Waals surface area contributed by atoms with Crippen molar-refractivity contribution >= 4 is 30.0 Å². The second-order valence-corrected chi connectivity index (χ2v) is 17.5. The Morgan fingerprint density at radius 1 is 1.00 bits per heavy atom. The van der Waals surface area contributed by atoms with Crippen LogP contribution in [0.1, 0.15) is 93.9 Å². The van der Waals surface area contributed by atoms with Gasteiger partial charge in [0.15, 0.2) is 24.5 Å². The summed E-state index contributed by atoms with van der Waals surface area (Å²) in [5.74, 6) is -3.35. The molecule has 0 aliphatic carbocycles. The van der Waals surface area contributed by atoms with Gasteiger partial charge in [-0.05, 0) is 72.2 Å². The summed E-state index contributed by atoms with van der Waals surface area (Å²) in [6.07, 6.45) is -7.99. The minimum absolute atomic E-state index is 0.0551. The van der Waals surface area contributed by atoms with Gasteiger partial charge in [0.25, 0.3) is 0 Å². The summed E-state index contributed by atoms with van der Waals surface area (Å²) in [5.41, 5.74) is -1.51. The molecule has 4 aliphatic heterocycles. The maximum absolute atomic E-state index is 13.4. The molecule has 3 fully saturated rings. The van der Waals surface area contributed by atoms with Gasteiger partial charge in [-0.3, -0.25) is 19.2 Å². The fourth-order valence-electron chi connectivity index (χ4n) is 8.51. The van der Waals surface area contributed by atoms with Gasteiger partial charge >= 0.3 is 17.9 Å². The first kappa shape index (κ1) is 48.8. The molecule has 0 radical (unpaired) electrons. The number of epoxide rings is 1. The number of ketones is 1. The highest BCUT2D eigenvalue weighted by atomic mass is 16.7. The number of likely N-dealkylation sites (N-methyl/N-ethyl adjacent to an activating group) is 1. The Morgan fingerprint density at radius 2 is 1.69 bits per heavy atom. The molecule has 59 heavy (non-hydrogen) atoms. The number of esters is 3. The molecular weight excluding hydrogens is 774 g/mol. The van der Waals surface area contributed by atoms with Crippen molar-refractivity contribution in [3.63, 3.8) is 0 Å². The van der Waals surface area contributed by atoms with Crippen LogP contribution in [0.4, 0.5) is 0 Å². The highest BCUT2D eigenvalue weighted by molar-refractivity contribution is 5.91. The largest absolute Gasteiger partial charge is 0.462 e. The molecule has 17 nitrogen and oxygen atoms in total. The first-order valence-electron chi connectivity index (χ1n) is 20.7. The molecule has 17 atom stereocenters. The molecule has 17 heteroatoms. The third kappa shape index (κ3) is 13.3. The number of carbonyl (C=O) groups excluding carboxylic acids is 5. The quantitative estimate of drug-likeness (QED) is 0.125. The summed E-state index contributed by atoms with van der Waals surface area (Å²) >= 11 is 0. The molecule has 0 aromatic carbocycles. The summed E-state index contributed by atoms with van der Waals surface area (Å²) < 4.78 is 54.2. The van der Waals surface area contributed by atoms with Gasteiger partial charge in [-0.2, -0.15) is 0 Å². The first-order valence-corrected chi connectivity index (χ1v) is 20.7. The number of allylic oxidation sites excluding steroid dienone is 1. The van der Waals surface area contributed by atoms with Crippen LogP contribution < -0.4 is 0 Å². The highest BCUT2D eigenvalue weighted by Gasteiger charge is 2.53. The van der Waals surface area contributed by atoms with E-state index >= 15 is 0 Å². The number of rotatable bonds is 12. The minimum atomic E-state index is -1.51. The van der Waals surface area contributed by atoms with Crippen LogP contribution in [0, 0.1) is 17.8 Å². The molecule has 0 amide bonds. The predicted molar refractivity (Wildman–Crippen MR) is 208 cm³/mol. The van der Waals surface area contributed by atoms with Crippen molar-refractivity contribution in [2.24, 2.45) is 17.8 Å². The van der Waals surface area contributed by atoms with Crippen LogP contribution in [0.2, 0.25) is 0 Å². The van der Waals surface area contributed by atoms with Crippen LogP contribution in [-0.4, -0.2) is 158 Å². The molecule has 0 bridgehead atoms. The fraction of sp³-hybridized carbons (Fsp3) is 0.833. The average Bonchev–Trinajstić information content (AvgIpc) is 3.85. The van der Waals surface area contributed by atoms with E-state index in [0.29, 0.717) is 12.7 Å². The topological polar surface area (TPSA) is 215 Å². The summed E-state index contributed by atoms with van der Waals surface area (Å²) in [5, 5.41) is 23.5. The second kappa shape index (κ2) is 21.3. The van der Waals surface area contributed by atoms with Crippen molar-refractivity contribution in [3.05, 3.63) is 12.2 Å². The molecule has 336 valence electrons. The number of fused-ring (bicyclic) bond motifs is 1. The number of hydrogen-bond donors (Lipinski definition) is 2. The zero-order chi connectivity index (χ0) is 43.9. The van der Waals surface area contributed by atoms with Crippen molar-refractivity contribution < 1.29 is 76.8 Å². The average molecular weight is 842 g/mol. The van der Waals surface area contributed by atoms with E-state index in [9.17, 15) is 34.2 Å². The number of cyclic esters (lactones) is 1. The monoisotopic (exact) mass is 841 g/mol. The molecule has 0 spiro atoms. The Kier molecular flexibility index (Phi) is 17.6. The smallest absolute Gasteiger partial charge is 0.309 e. The van der Waals surface area contributed by atoms with E-state index in [1.54, 1.807) is 59.7 Å². The number of hydrogen-bond acceptors (Lipinski definition) is 17. The predicted octanol–water partition coefficient (Wildman–Crippen LogP) is 2.43. The van der Waals surface area contributed by atoms with Crippen molar-refractivity contribution in [3.8, 4) is 0 Å². The van der Waals surface area contributed by atoms with Crippen LogP contribution in [0.3, 0.4) is 0 Å². The van der Waals surface area contributed by atoms with Gasteiger partial charge < -0.3 is 62.5 Å². The van der Waals surface area contributed by atoms with Gasteiger partial charge in [-0.1, -0.05) is 20.8 Å². The van der Waals surface area contributed by atoms with Gasteiger partial charge in [0.2, 0.25) is 0 Å². The van der Waals surface area contributed by atoms with Crippen LogP contribution in [0.25, 0.3) is 0 Å². The molecule has 4 aliphatic rings. The lowest BCUT2D eigenvalue weighted by Gasteiger charge is -2.50. The lowest BCUT2D eigenvalue weighted by Crippen LogP contribution is -2.66. The first-order chi connectivity index (χ1) is 27.6. The molecule has 4 heterocycles. The normalized spacial score (nSPS) is 41.2. The standard InChI is InChI=1S/C42H67NO16/c1-21(2)16-32(47)57-40-25(6)53-34(20-42(40,8)50)58-37-24(5)54-41(36(49)35(37)43(9)10)59-38-27(14-15-44)17-22(3)28(46)12-13-29-30(56-29)18-23(4)52-33(48)19-31(39(38)51-11)55-26(7)45/h12-13,15,21-25,27,29-31,34-41,49-50H,14,16-20H2,1-11H3/t22-,23-,24-,25+,27+,29-,30+,31-,34-,35-,36-,37+,38+,39-,40-,41+,42+/m1/s1. The maximum Gasteiger partial charge on any atom is 0.309 e. The van der Waals surface area contributed by atoms with Crippen molar-refractivity contribution in [1.29, 1.82) is 0 Å². The van der Waals surface area contributed by atoms with Gasteiger partial charge in [-0.15, -0.1) is 0 Å². The van der Waals surface area contributed by atoms with Gasteiger partial charge in [0.05, 0.1) is 36.9 Å². The van der Waals surface area contributed by atoms with Crippen LogP contribution in [-0.2, 0) is 66.6 Å². The molecule has 2 N–H and O–H groups in total. The minimum Gasteiger partial charge on any atom is -0.462 e. The number of aldehydes is 1. The van der Waals surface area contributed by atoms with E-state index in [-0.39, 0.29) is 49.6 Å². The Bertz CT molecular complexity index is 1470. The number of aliphatic hydroxyl groups is 2. The summed E-state index contributed by atoms with van der Waals surface area (Å²) in [6.45, 7) is 13.4. The van der Waals surface area contributed by atoms with Gasteiger partial charge in [0.1, 0.15) is 48.5 Å². The number of nitrogens with zero attached hydrogens (tertiary/aromatic N) is 1. The van der Waals surface area contributed by atoms with Crippen LogP contribution in [0.5, 0.6) is 0 Å². The van der Waals surface area contributed by atoms with Crippen LogP contribution >= 0.6 is 0 Å². The van der Waals surface area contributed by atoms with Crippen molar-refractivity contribution in [1.82, 2.24) is 4.90 Å². The number of ether oxygens (including phenoxy) is 9. The lowest BCUT2D eigenvalue weighted by molar-refractivity contribution is -0.344. The SMILES string of the molecule is CO[C@H]1[C@@H](O[C@@H]2O[C@H](C)[C@H](O[C@@H]3C[C@](C)(O)[C@H](OC(=O)CC(C)C)[C@H](C)O3)[C@H](N(C)C)[C@H]2O)[C@@H](CC=O)C[C@@H](C)C(=O)C=C[C@H]2O[C@H]2C[C@@H](C)OC(=O)C[C@H]1OC(C)=O. The molecular formula is C42H67NO16. The summed E-state index contributed by atoms with van der Waals surface area (Å²) in [6, 6.07) is -0.800. The zero-order valence-electron chi connectivity index (χ0n) is 36.3. The molecule has 0 saturated carbocycles. The fourth-order valence-corrected chi connectivity index (χ4v) is 8.51. The van der Waals surface area contributed by atoms with E-state index in [1.165, 1.54) is 20.1 Å². The zero-order valence-corrected chi connectivity index (χ0v) is 36.3. The maximum atomic E-state index is 13.4. The number of methoxy groups -OCH3 is 1. The number of carbonyl (C=O) groups is 5. The van der Waals surface area contributed by atoms with E-state index in [4.69, 9.17) is 42.6 Å². The van der Waals surface area contributed by atoms with Crippen molar-refractivity contribution in [2.45, 2.75) is 185 Å². The van der Waals surface area contributed by atoms with Gasteiger partial charge in [-0.25, -0.2) is 0 Å².